The van der Waals surface area contributed by atoms with E-state index in [1.807, 2.05) is 12.3 Å². The zero-order valence-electron chi connectivity index (χ0n) is 12.1. The molecule has 0 aliphatic carbocycles. The third-order valence-electron chi connectivity index (χ3n) is 3.62. The molecule has 3 aromatic rings. The number of para-hydroxylation sites is 1. The molecule has 2 aromatic carbocycles. The van der Waals surface area contributed by atoms with E-state index in [-0.39, 0.29) is 0 Å². The first-order valence-electron chi connectivity index (χ1n) is 6.84. The Morgan fingerprint density at radius 3 is 2.65 bits per heavy atom. The smallest absolute Gasteiger partial charge is 0.0662 e. The number of rotatable bonds is 2. The van der Waals surface area contributed by atoms with Gasteiger partial charge in [-0.3, -0.25) is 4.99 Å². The van der Waals surface area contributed by atoms with Gasteiger partial charge in [-0.05, 0) is 38.5 Å². The van der Waals surface area contributed by atoms with E-state index in [2.05, 4.69) is 62.2 Å². The minimum atomic E-state index is 1.04. The summed E-state index contributed by atoms with van der Waals surface area (Å²) in [5.74, 6) is 0. The predicted octanol–water partition coefficient (Wildman–Crippen LogP) is 4.93. The fourth-order valence-corrected chi connectivity index (χ4v) is 2.54. The highest BCUT2D eigenvalue weighted by atomic mass is 14.8. The number of aromatic nitrogens is 1. The first kappa shape index (κ1) is 12.7. The second-order valence-corrected chi connectivity index (χ2v) is 5.24. The van der Waals surface area contributed by atoms with E-state index in [9.17, 15) is 0 Å². The van der Waals surface area contributed by atoms with Crippen LogP contribution in [0.4, 0.5) is 5.69 Å². The molecule has 3 rings (SSSR count). The van der Waals surface area contributed by atoms with E-state index in [1.54, 1.807) is 0 Å². The number of H-pyrrole nitrogens is 1. The first-order chi connectivity index (χ1) is 9.65. The summed E-state index contributed by atoms with van der Waals surface area (Å²) in [7, 11) is 0. The minimum absolute atomic E-state index is 1.04. The molecule has 100 valence electrons. The number of aryl methyl sites for hydroxylation is 2. The SMILES string of the molecule is CC(=Nc1ccc(C)cc1C)c1c[nH]c2ccccc12. The fourth-order valence-electron chi connectivity index (χ4n) is 2.54. The zero-order valence-corrected chi connectivity index (χ0v) is 12.1. The van der Waals surface area contributed by atoms with Gasteiger partial charge in [0.15, 0.2) is 0 Å². The standard InChI is InChI=1S/C18H18N2/c1-12-8-9-17(13(2)10-12)20-14(3)16-11-19-18-7-5-4-6-15(16)18/h4-11,19H,1-3H3. The summed E-state index contributed by atoms with van der Waals surface area (Å²) >= 11 is 0. The van der Waals surface area contributed by atoms with E-state index < -0.39 is 0 Å². The van der Waals surface area contributed by atoms with Gasteiger partial charge in [0.05, 0.1) is 5.69 Å². The summed E-state index contributed by atoms with van der Waals surface area (Å²) in [4.78, 5) is 8.09. The van der Waals surface area contributed by atoms with Crippen molar-refractivity contribution in [1.29, 1.82) is 0 Å². The van der Waals surface area contributed by atoms with Crippen molar-refractivity contribution < 1.29 is 0 Å². The molecular weight excluding hydrogens is 244 g/mol. The lowest BCUT2D eigenvalue weighted by Crippen LogP contribution is -1.92. The molecule has 0 amide bonds. The van der Waals surface area contributed by atoms with Gasteiger partial charge in [0.2, 0.25) is 0 Å². The van der Waals surface area contributed by atoms with Crippen LogP contribution in [0.1, 0.15) is 23.6 Å². The van der Waals surface area contributed by atoms with Crippen LogP contribution in [0.3, 0.4) is 0 Å². The number of aromatic amines is 1. The molecule has 0 bridgehead atoms. The van der Waals surface area contributed by atoms with Gasteiger partial charge < -0.3 is 4.98 Å². The lowest BCUT2D eigenvalue weighted by molar-refractivity contribution is 1.34. The van der Waals surface area contributed by atoms with Crippen LogP contribution in [0.25, 0.3) is 10.9 Å². The number of hydrogen-bond acceptors (Lipinski definition) is 1. The Labute approximate surface area is 119 Å². The minimum Gasteiger partial charge on any atom is -0.360 e. The molecule has 0 fully saturated rings. The van der Waals surface area contributed by atoms with Crippen molar-refractivity contribution in [2.45, 2.75) is 20.8 Å². The van der Waals surface area contributed by atoms with Crippen LogP contribution in [0.2, 0.25) is 0 Å². The fraction of sp³-hybridized carbons (Fsp3) is 0.167. The molecule has 0 saturated heterocycles. The molecule has 0 aliphatic rings. The van der Waals surface area contributed by atoms with Gasteiger partial charge >= 0.3 is 0 Å². The van der Waals surface area contributed by atoms with Crippen LogP contribution in [0.15, 0.2) is 53.7 Å². The van der Waals surface area contributed by atoms with Gasteiger partial charge in [0.25, 0.3) is 0 Å². The van der Waals surface area contributed by atoms with Crippen molar-refractivity contribution in [2.24, 2.45) is 4.99 Å². The number of nitrogens with one attached hydrogen (secondary N) is 1. The predicted molar refractivity (Wildman–Crippen MR) is 86.1 cm³/mol. The van der Waals surface area contributed by atoms with E-state index in [4.69, 9.17) is 4.99 Å². The highest BCUT2D eigenvalue weighted by molar-refractivity contribution is 6.10. The first-order valence-corrected chi connectivity index (χ1v) is 6.84. The third kappa shape index (κ3) is 2.25. The molecular formula is C18H18N2. The van der Waals surface area contributed by atoms with Crippen molar-refractivity contribution in [3.63, 3.8) is 0 Å². The summed E-state index contributed by atoms with van der Waals surface area (Å²) in [5.41, 5.74) is 6.88. The molecule has 1 aromatic heterocycles. The average molecular weight is 262 g/mol. The van der Waals surface area contributed by atoms with Crippen LogP contribution in [0.5, 0.6) is 0 Å². The third-order valence-corrected chi connectivity index (χ3v) is 3.62. The Kier molecular flexibility index (Phi) is 3.15. The van der Waals surface area contributed by atoms with Crippen LogP contribution in [0, 0.1) is 13.8 Å². The van der Waals surface area contributed by atoms with Crippen LogP contribution >= 0.6 is 0 Å². The van der Waals surface area contributed by atoms with E-state index in [1.165, 1.54) is 22.1 Å². The number of nitrogens with zero attached hydrogens (tertiary/aromatic N) is 1. The van der Waals surface area contributed by atoms with E-state index in [0.29, 0.717) is 0 Å². The second kappa shape index (κ2) is 4.97. The van der Waals surface area contributed by atoms with Gasteiger partial charge in [-0.25, -0.2) is 0 Å². The molecule has 2 nitrogen and oxygen atoms in total. The summed E-state index contributed by atoms with van der Waals surface area (Å²) in [6.45, 7) is 6.27. The maximum Gasteiger partial charge on any atom is 0.0662 e. The van der Waals surface area contributed by atoms with E-state index in [0.717, 1.165) is 16.9 Å². The molecule has 0 unspecified atom stereocenters. The Morgan fingerprint density at radius 2 is 1.85 bits per heavy atom. The highest BCUT2D eigenvalue weighted by Crippen LogP contribution is 2.23. The van der Waals surface area contributed by atoms with Gasteiger partial charge in [-0.1, -0.05) is 35.9 Å². The zero-order chi connectivity index (χ0) is 14.1. The number of fused-ring (bicyclic) bond motifs is 1. The normalized spacial score (nSPS) is 12.1. The Bertz CT molecular complexity index is 794. The summed E-state index contributed by atoms with van der Waals surface area (Å²) in [6.07, 6.45) is 2.03. The van der Waals surface area contributed by atoms with Crippen LogP contribution < -0.4 is 0 Å². The molecule has 20 heavy (non-hydrogen) atoms. The van der Waals surface area contributed by atoms with Crippen molar-refractivity contribution in [2.75, 3.05) is 0 Å². The molecule has 0 spiro atoms. The Balaban J connectivity index is 2.07. The monoisotopic (exact) mass is 262 g/mol. The number of aliphatic imine (C=N–C) groups is 1. The van der Waals surface area contributed by atoms with Crippen LogP contribution in [-0.4, -0.2) is 10.7 Å². The van der Waals surface area contributed by atoms with Crippen molar-refractivity contribution in [1.82, 2.24) is 4.98 Å². The van der Waals surface area contributed by atoms with Crippen LogP contribution in [-0.2, 0) is 0 Å². The average Bonchev–Trinajstić information content (AvgIpc) is 2.86. The Morgan fingerprint density at radius 1 is 1.05 bits per heavy atom. The molecule has 0 aliphatic heterocycles. The highest BCUT2D eigenvalue weighted by Gasteiger charge is 2.06. The topological polar surface area (TPSA) is 28.1 Å². The summed E-state index contributed by atoms with van der Waals surface area (Å²) < 4.78 is 0. The summed E-state index contributed by atoms with van der Waals surface area (Å²) in [6, 6.07) is 14.7. The van der Waals surface area contributed by atoms with Gasteiger partial charge in [-0.2, -0.15) is 0 Å². The van der Waals surface area contributed by atoms with Crippen molar-refractivity contribution in [3.05, 3.63) is 65.4 Å². The molecule has 1 N–H and O–H groups in total. The molecule has 0 atom stereocenters. The maximum atomic E-state index is 4.79. The maximum absolute atomic E-state index is 4.79. The second-order valence-electron chi connectivity index (χ2n) is 5.24. The van der Waals surface area contributed by atoms with Crippen molar-refractivity contribution in [3.8, 4) is 0 Å². The lowest BCUT2D eigenvalue weighted by atomic mass is 10.1. The van der Waals surface area contributed by atoms with Crippen molar-refractivity contribution >= 4 is 22.3 Å². The molecule has 0 radical (unpaired) electrons. The summed E-state index contributed by atoms with van der Waals surface area (Å²) in [5, 5.41) is 1.22. The number of benzene rings is 2. The van der Waals surface area contributed by atoms with E-state index >= 15 is 0 Å². The Hall–Kier alpha value is -2.35. The largest absolute Gasteiger partial charge is 0.360 e. The van der Waals surface area contributed by atoms with Gasteiger partial charge in [-0.15, -0.1) is 0 Å². The number of hydrogen-bond donors (Lipinski definition) is 1. The quantitative estimate of drug-likeness (QED) is 0.635. The molecule has 0 saturated carbocycles. The van der Waals surface area contributed by atoms with Gasteiger partial charge in [0, 0.05) is 28.4 Å². The molecule has 1 heterocycles. The van der Waals surface area contributed by atoms with Gasteiger partial charge in [0.1, 0.15) is 0 Å². The molecule has 2 heteroatoms. The lowest BCUT2D eigenvalue weighted by Gasteiger charge is -2.04.